The molecule has 0 bridgehead atoms. The molecule has 0 atom stereocenters. The van der Waals surface area contributed by atoms with Crippen molar-refractivity contribution in [3.63, 3.8) is 0 Å². The van der Waals surface area contributed by atoms with Gasteiger partial charge in [0.2, 0.25) is 5.91 Å². The monoisotopic (exact) mass is 406 g/mol. The molecule has 1 spiro atoms. The molecule has 4 rings (SSSR count). The zero-order chi connectivity index (χ0) is 21.4. The van der Waals surface area contributed by atoms with Gasteiger partial charge in [0, 0.05) is 30.6 Å². The number of piperidine rings is 1. The number of hydrogen-bond donors (Lipinski definition) is 0. The predicted octanol–water partition coefficient (Wildman–Crippen LogP) is 5.01. The molecule has 0 saturated carbocycles. The highest BCUT2D eigenvalue weighted by Crippen LogP contribution is 2.49. The van der Waals surface area contributed by atoms with Crippen LogP contribution in [0.4, 0.5) is 5.69 Å². The molecule has 2 aliphatic rings. The van der Waals surface area contributed by atoms with Gasteiger partial charge in [0.1, 0.15) is 5.75 Å². The van der Waals surface area contributed by atoms with Gasteiger partial charge in [-0.05, 0) is 60.7 Å². The molecule has 1 saturated heterocycles. The Balaban J connectivity index is 1.56. The van der Waals surface area contributed by atoms with E-state index < -0.39 is 0 Å². The van der Waals surface area contributed by atoms with Crippen molar-refractivity contribution < 1.29 is 9.53 Å². The number of fused-ring (bicyclic) bond motifs is 2. The molecule has 2 aromatic rings. The van der Waals surface area contributed by atoms with Crippen LogP contribution in [0.2, 0.25) is 0 Å². The highest BCUT2D eigenvalue weighted by molar-refractivity contribution is 5.96. The Morgan fingerprint density at radius 1 is 1.07 bits per heavy atom. The first kappa shape index (κ1) is 20.9. The van der Waals surface area contributed by atoms with E-state index in [0.29, 0.717) is 6.42 Å². The first-order valence-electron chi connectivity index (χ1n) is 11.0. The molecule has 1 amide bonds. The van der Waals surface area contributed by atoms with Crippen molar-refractivity contribution in [1.82, 2.24) is 4.90 Å². The van der Waals surface area contributed by atoms with E-state index in [2.05, 4.69) is 68.1 Å². The van der Waals surface area contributed by atoms with Crippen molar-refractivity contribution in [2.24, 2.45) is 5.41 Å². The lowest BCUT2D eigenvalue weighted by molar-refractivity contribution is -0.120. The molecule has 0 unspecified atom stereocenters. The minimum Gasteiger partial charge on any atom is -0.497 e. The quantitative estimate of drug-likeness (QED) is 0.715. The molecule has 0 radical (unpaired) electrons. The fourth-order valence-electron chi connectivity index (χ4n) is 4.96. The van der Waals surface area contributed by atoms with Crippen LogP contribution in [0.15, 0.2) is 48.5 Å². The van der Waals surface area contributed by atoms with Crippen LogP contribution in [0.5, 0.6) is 5.75 Å². The minimum atomic E-state index is -0.0154. The molecule has 160 valence electrons. The number of rotatable bonds is 4. The van der Waals surface area contributed by atoms with E-state index in [1.807, 2.05) is 11.0 Å². The Labute approximate surface area is 180 Å². The Bertz CT molecular complexity index is 893. The first-order chi connectivity index (χ1) is 14.3. The van der Waals surface area contributed by atoms with E-state index in [0.717, 1.165) is 50.5 Å². The summed E-state index contributed by atoms with van der Waals surface area (Å²) in [5, 5.41) is 0. The van der Waals surface area contributed by atoms with Crippen LogP contribution >= 0.6 is 0 Å². The average molecular weight is 407 g/mol. The van der Waals surface area contributed by atoms with Crippen molar-refractivity contribution >= 4 is 11.6 Å². The van der Waals surface area contributed by atoms with Gasteiger partial charge in [-0.15, -0.1) is 0 Å². The van der Waals surface area contributed by atoms with Crippen LogP contribution in [0.3, 0.4) is 0 Å². The van der Waals surface area contributed by atoms with E-state index in [4.69, 9.17) is 4.74 Å². The van der Waals surface area contributed by atoms with E-state index in [1.54, 1.807) is 7.11 Å². The summed E-state index contributed by atoms with van der Waals surface area (Å²) in [6.07, 6.45) is 2.70. The van der Waals surface area contributed by atoms with Gasteiger partial charge in [-0.25, -0.2) is 0 Å². The average Bonchev–Trinajstić information content (AvgIpc) is 3.03. The van der Waals surface area contributed by atoms with Gasteiger partial charge in [0.15, 0.2) is 0 Å². The smallest absolute Gasteiger partial charge is 0.227 e. The number of carbonyl (C=O) groups excluding carboxylic acids is 1. The van der Waals surface area contributed by atoms with Gasteiger partial charge < -0.3 is 9.64 Å². The largest absolute Gasteiger partial charge is 0.497 e. The fraction of sp³-hybridized carbons (Fsp3) is 0.500. The number of likely N-dealkylation sites (tertiary alicyclic amines) is 1. The van der Waals surface area contributed by atoms with Crippen LogP contribution in [0.1, 0.15) is 51.2 Å². The van der Waals surface area contributed by atoms with Crippen LogP contribution in [-0.4, -0.2) is 37.6 Å². The number of carbonyl (C=O) groups is 1. The van der Waals surface area contributed by atoms with Gasteiger partial charge >= 0.3 is 0 Å². The number of hydrogen-bond acceptors (Lipinski definition) is 3. The maximum Gasteiger partial charge on any atom is 0.227 e. The Hall–Kier alpha value is -2.33. The summed E-state index contributed by atoms with van der Waals surface area (Å²) in [6, 6.07) is 16.9. The summed E-state index contributed by atoms with van der Waals surface area (Å²) in [7, 11) is 1.72. The zero-order valence-corrected chi connectivity index (χ0v) is 18.8. The molecule has 0 aliphatic carbocycles. The third kappa shape index (κ3) is 4.24. The Kier molecular flexibility index (Phi) is 5.63. The summed E-state index contributed by atoms with van der Waals surface area (Å²) >= 11 is 0. The SMILES string of the molecule is COc1ccc2c(c1)C1(CCN(Cc3ccccc3)CC1)CN2C(=O)CC(C)(C)C. The van der Waals surface area contributed by atoms with Crippen molar-refractivity contribution in [3.8, 4) is 5.75 Å². The lowest BCUT2D eigenvalue weighted by atomic mass is 9.74. The summed E-state index contributed by atoms with van der Waals surface area (Å²) < 4.78 is 5.54. The van der Waals surface area contributed by atoms with Crippen LogP contribution in [-0.2, 0) is 16.8 Å². The third-order valence-corrected chi connectivity index (χ3v) is 6.57. The standard InChI is InChI=1S/C26H34N2O2/c1-25(2,3)17-24(29)28-19-26(22-16-21(30-4)10-11-23(22)28)12-14-27(15-13-26)18-20-8-6-5-7-9-20/h5-11,16H,12-15,17-19H2,1-4H3. The van der Waals surface area contributed by atoms with E-state index in [9.17, 15) is 4.79 Å². The number of nitrogens with zero attached hydrogens (tertiary/aromatic N) is 2. The van der Waals surface area contributed by atoms with Crippen molar-refractivity contribution in [2.75, 3.05) is 31.6 Å². The van der Waals surface area contributed by atoms with Crippen LogP contribution in [0, 0.1) is 5.41 Å². The van der Waals surface area contributed by atoms with E-state index in [-0.39, 0.29) is 16.7 Å². The molecule has 2 heterocycles. The summed E-state index contributed by atoms with van der Waals surface area (Å²) in [4.78, 5) is 17.8. The van der Waals surface area contributed by atoms with Crippen molar-refractivity contribution in [1.29, 1.82) is 0 Å². The molecule has 4 heteroatoms. The van der Waals surface area contributed by atoms with Gasteiger partial charge in [0.25, 0.3) is 0 Å². The molecule has 4 nitrogen and oxygen atoms in total. The number of anilines is 1. The second kappa shape index (κ2) is 8.07. The van der Waals surface area contributed by atoms with E-state index in [1.165, 1.54) is 11.1 Å². The Morgan fingerprint density at radius 2 is 1.77 bits per heavy atom. The lowest BCUT2D eigenvalue weighted by Crippen LogP contribution is -2.46. The molecular weight excluding hydrogens is 372 g/mol. The summed E-state index contributed by atoms with van der Waals surface area (Å²) in [6.45, 7) is 10.3. The predicted molar refractivity (Wildman–Crippen MR) is 122 cm³/mol. The Morgan fingerprint density at radius 3 is 2.40 bits per heavy atom. The topological polar surface area (TPSA) is 32.8 Å². The number of ether oxygens (including phenoxy) is 1. The molecule has 0 aromatic heterocycles. The highest BCUT2D eigenvalue weighted by Gasteiger charge is 2.46. The van der Waals surface area contributed by atoms with Gasteiger partial charge in [-0.3, -0.25) is 9.69 Å². The van der Waals surface area contributed by atoms with Crippen LogP contribution in [0.25, 0.3) is 0 Å². The van der Waals surface area contributed by atoms with E-state index >= 15 is 0 Å². The minimum absolute atomic E-state index is 0.0154. The van der Waals surface area contributed by atoms with Crippen LogP contribution < -0.4 is 9.64 Å². The van der Waals surface area contributed by atoms with Crippen molar-refractivity contribution in [2.45, 2.75) is 52.0 Å². The summed E-state index contributed by atoms with van der Waals surface area (Å²) in [5.74, 6) is 1.11. The lowest BCUT2D eigenvalue weighted by Gasteiger charge is -2.40. The number of benzene rings is 2. The molecule has 0 N–H and O–H groups in total. The number of methoxy groups -OCH3 is 1. The van der Waals surface area contributed by atoms with Crippen molar-refractivity contribution in [3.05, 3.63) is 59.7 Å². The fourth-order valence-corrected chi connectivity index (χ4v) is 4.96. The first-order valence-corrected chi connectivity index (χ1v) is 11.0. The maximum atomic E-state index is 13.2. The third-order valence-electron chi connectivity index (χ3n) is 6.57. The highest BCUT2D eigenvalue weighted by atomic mass is 16.5. The molecule has 30 heavy (non-hydrogen) atoms. The van der Waals surface area contributed by atoms with Gasteiger partial charge in [0.05, 0.1) is 7.11 Å². The zero-order valence-electron chi connectivity index (χ0n) is 18.8. The maximum absolute atomic E-state index is 13.2. The molecule has 1 fully saturated rings. The normalized spacial score (nSPS) is 18.5. The van der Waals surface area contributed by atoms with Gasteiger partial charge in [-0.2, -0.15) is 0 Å². The molecule has 2 aromatic carbocycles. The van der Waals surface area contributed by atoms with Gasteiger partial charge in [-0.1, -0.05) is 51.1 Å². The summed E-state index contributed by atoms with van der Waals surface area (Å²) in [5.41, 5.74) is 3.76. The molecule has 2 aliphatic heterocycles. The number of amides is 1. The second-order valence-electron chi connectivity index (χ2n) is 10.1. The second-order valence-corrected chi connectivity index (χ2v) is 10.1. The molecular formula is C26H34N2O2.